The zero-order valence-corrected chi connectivity index (χ0v) is 20.7. The summed E-state index contributed by atoms with van der Waals surface area (Å²) >= 11 is 1.64. The largest absolute Gasteiger partial charge is 0.335 e. The van der Waals surface area contributed by atoms with Crippen molar-refractivity contribution in [2.75, 3.05) is 26.2 Å². The first-order chi connectivity index (χ1) is 16.8. The van der Waals surface area contributed by atoms with Crippen molar-refractivity contribution in [3.63, 3.8) is 0 Å². The molecular weight excluding hydrogens is 465 g/mol. The summed E-state index contributed by atoms with van der Waals surface area (Å²) in [5.74, 6) is -0.625. The van der Waals surface area contributed by atoms with Gasteiger partial charge in [-0.05, 0) is 63.2 Å². The number of carbonyl (C=O) groups excluding carboxylic acids is 2. The molecule has 0 unspecified atom stereocenters. The SMILES string of the molecule is Cc1ccc(-c2cc(C(=O)N3CCN(C(=O)c4ccc(F)cc4)CC3)c3cnn(C(C)C)c3n2)s1. The first kappa shape index (κ1) is 23.2. The van der Waals surface area contributed by atoms with Crippen molar-refractivity contribution in [1.82, 2.24) is 24.6 Å². The van der Waals surface area contributed by atoms with Gasteiger partial charge in [-0.3, -0.25) is 9.59 Å². The third kappa shape index (κ3) is 4.43. The first-order valence-corrected chi connectivity index (χ1v) is 12.4. The van der Waals surface area contributed by atoms with E-state index in [1.165, 1.54) is 29.1 Å². The molecule has 35 heavy (non-hydrogen) atoms. The van der Waals surface area contributed by atoms with Crippen molar-refractivity contribution in [2.45, 2.75) is 26.8 Å². The standard InChI is InChI=1S/C26H26FN5O2S/c1-16(2)32-24-21(15-28-32)20(14-22(29-24)23-9-4-17(3)35-23)26(34)31-12-10-30(11-13-31)25(33)18-5-7-19(27)8-6-18/h4-9,14-16H,10-13H2,1-3H3. The van der Waals surface area contributed by atoms with Crippen molar-refractivity contribution in [2.24, 2.45) is 0 Å². The minimum absolute atomic E-state index is 0.0934. The number of benzene rings is 1. The van der Waals surface area contributed by atoms with E-state index in [1.807, 2.05) is 43.7 Å². The van der Waals surface area contributed by atoms with E-state index in [9.17, 15) is 14.0 Å². The summed E-state index contributed by atoms with van der Waals surface area (Å²) in [6.07, 6.45) is 1.72. The van der Waals surface area contributed by atoms with Gasteiger partial charge in [-0.15, -0.1) is 11.3 Å². The fourth-order valence-electron chi connectivity index (χ4n) is 4.33. The molecule has 1 aromatic carbocycles. The van der Waals surface area contributed by atoms with Gasteiger partial charge >= 0.3 is 0 Å². The number of pyridine rings is 1. The highest BCUT2D eigenvalue weighted by Crippen LogP contribution is 2.31. The number of halogens is 1. The van der Waals surface area contributed by atoms with Crippen molar-refractivity contribution in [1.29, 1.82) is 0 Å². The molecule has 4 heterocycles. The lowest BCUT2D eigenvalue weighted by atomic mass is 10.1. The number of aryl methyl sites for hydroxylation is 1. The number of fused-ring (bicyclic) bond motifs is 1. The Labute approximate surface area is 206 Å². The zero-order valence-electron chi connectivity index (χ0n) is 19.9. The van der Waals surface area contributed by atoms with Gasteiger partial charge in [-0.1, -0.05) is 0 Å². The highest BCUT2D eigenvalue weighted by Gasteiger charge is 2.28. The highest BCUT2D eigenvalue weighted by molar-refractivity contribution is 7.15. The van der Waals surface area contributed by atoms with Crippen LogP contribution < -0.4 is 0 Å². The molecule has 1 aliphatic heterocycles. The molecule has 5 rings (SSSR count). The molecule has 0 atom stereocenters. The summed E-state index contributed by atoms with van der Waals surface area (Å²) < 4.78 is 15.1. The van der Waals surface area contributed by atoms with Gasteiger partial charge in [0.25, 0.3) is 11.8 Å². The quantitative estimate of drug-likeness (QED) is 0.412. The number of amides is 2. The van der Waals surface area contributed by atoms with E-state index >= 15 is 0 Å². The molecule has 0 bridgehead atoms. The summed E-state index contributed by atoms with van der Waals surface area (Å²) in [6.45, 7) is 7.78. The molecule has 3 aromatic heterocycles. The number of aromatic nitrogens is 3. The Balaban J connectivity index is 1.41. The van der Waals surface area contributed by atoms with E-state index in [1.54, 1.807) is 27.3 Å². The summed E-state index contributed by atoms with van der Waals surface area (Å²) in [7, 11) is 0. The lowest BCUT2D eigenvalue weighted by Crippen LogP contribution is -2.50. The molecule has 0 aliphatic carbocycles. The Morgan fingerprint density at radius 1 is 0.971 bits per heavy atom. The molecular formula is C26H26FN5O2S. The second-order valence-corrected chi connectivity index (χ2v) is 10.3. The van der Waals surface area contributed by atoms with Crippen LogP contribution in [0.5, 0.6) is 0 Å². The number of hydrogen-bond acceptors (Lipinski definition) is 5. The Morgan fingerprint density at radius 3 is 2.23 bits per heavy atom. The third-order valence-electron chi connectivity index (χ3n) is 6.22. The topological polar surface area (TPSA) is 71.3 Å². The Bertz CT molecular complexity index is 1400. The third-order valence-corrected chi connectivity index (χ3v) is 7.25. The van der Waals surface area contributed by atoms with E-state index in [2.05, 4.69) is 5.10 Å². The van der Waals surface area contributed by atoms with Crippen LogP contribution >= 0.6 is 11.3 Å². The molecule has 1 saturated heterocycles. The van der Waals surface area contributed by atoms with Crippen molar-refractivity contribution in [3.8, 4) is 10.6 Å². The van der Waals surface area contributed by atoms with Gasteiger partial charge in [0.15, 0.2) is 5.65 Å². The second-order valence-electron chi connectivity index (χ2n) is 8.98. The lowest BCUT2D eigenvalue weighted by Gasteiger charge is -2.35. The maximum Gasteiger partial charge on any atom is 0.254 e. The molecule has 1 fully saturated rings. The highest BCUT2D eigenvalue weighted by atomic mass is 32.1. The van der Waals surface area contributed by atoms with Crippen LogP contribution in [0.1, 0.15) is 45.5 Å². The number of piperazine rings is 1. The molecule has 1 aliphatic rings. The van der Waals surface area contributed by atoms with Crippen molar-refractivity contribution < 1.29 is 14.0 Å². The average Bonchev–Trinajstić information content (AvgIpc) is 3.49. The summed E-state index contributed by atoms with van der Waals surface area (Å²) in [5, 5.41) is 5.23. The van der Waals surface area contributed by atoms with Crippen LogP contribution in [-0.4, -0.2) is 62.6 Å². The van der Waals surface area contributed by atoms with Gasteiger partial charge in [0, 0.05) is 42.7 Å². The molecule has 0 spiro atoms. The molecule has 9 heteroatoms. The van der Waals surface area contributed by atoms with Gasteiger partial charge in [0.2, 0.25) is 0 Å². The van der Waals surface area contributed by atoms with E-state index in [4.69, 9.17) is 4.98 Å². The maximum absolute atomic E-state index is 13.7. The minimum Gasteiger partial charge on any atom is -0.335 e. The second kappa shape index (κ2) is 9.22. The summed E-state index contributed by atoms with van der Waals surface area (Å²) in [6, 6.07) is 11.6. The van der Waals surface area contributed by atoms with Gasteiger partial charge in [0.1, 0.15) is 5.82 Å². The van der Waals surface area contributed by atoms with Crippen LogP contribution in [0.25, 0.3) is 21.6 Å². The van der Waals surface area contributed by atoms with Crippen LogP contribution in [0, 0.1) is 12.7 Å². The number of thiophene rings is 1. The molecule has 0 radical (unpaired) electrons. The van der Waals surface area contributed by atoms with Gasteiger partial charge < -0.3 is 9.80 Å². The van der Waals surface area contributed by atoms with E-state index in [0.29, 0.717) is 43.0 Å². The smallest absolute Gasteiger partial charge is 0.254 e. The molecule has 4 aromatic rings. The summed E-state index contributed by atoms with van der Waals surface area (Å²) in [4.78, 5) is 37.0. The van der Waals surface area contributed by atoms with E-state index in [0.717, 1.165) is 16.0 Å². The maximum atomic E-state index is 13.7. The number of carbonyl (C=O) groups is 2. The Hall–Kier alpha value is -3.59. The normalized spacial score (nSPS) is 14.2. The number of rotatable bonds is 4. The minimum atomic E-state index is -0.376. The number of nitrogens with zero attached hydrogens (tertiary/aromatic N) is 5. The monoisotopic (exact) mass is 491 g/mol. The lowest BCUT2D eigenvalue weighted by molar-refractivity contribution is 0.0536. The van der Waals surface area contributed by atoms with Crippen LogP contribution in [0.15, 0.2) is 48.7 Å². The van der Waals surface area contributed by atoms with Crippen molar-refractivity contribution >= 4 is 34.2 Å². The Kier molecular flexibility index (Phi) is 6.10. The van der Waals surface area contributed by atoms with E-state index in [-0.39, 0.29) is 23.7 Å². The summed E-state index contributed by atoms with van der Waals surface area (Å²) in [5.41, 5.74) is 2.46. The fourth-order valence-corrected chi connectivity index (χ4v) is 5.16. The van der Waals surface area contributed by atoms with E-state index < -0.39 is 0 Å². The first-order valence-electron chi connectivity index (χ1n) is 11.6. The van der Waals surface area contributed by atoms with Crippen LogP contribution in [-0.2, 0) is 0 Å². The van der Waals surface area contributed by atoms with Gasteiger partial charge in [-0.25, -0.2) is 14.1 Å². The van der Waals surface area contributed by atoms with Gasteiger partial charge in [0.05, 0.1) is 27.7 Å². The van der Waals surface area contributed by atoms with Crippen LogP contribution in [0.2, 0.25) is 0 Å². The zero-order chi connectivity index (χ0) is 24.7. The predicted octanol–water partition coefficient (Wildman–Crippen LogP) is 4.79. The van der Waals surface area contributed by atoms with Crippen molar-refractivity contribution in [3.05, 3.63) is 70.5 Å². The number of hydrogen-bond donors (Lipinski definition) is 0. The van der Waals surface area contributed by atoms with Gasteiger partial charge in [-0.2, -0.15) is 5.10 Å². The molecule has 2 amide bonds. The Morgan fingerprint density at radius 2 is 1.63 bits per heavy atom. The average molecular weight is 492 g/mol. The molecule has 0 N–H and O–H groups in total. The van der Waals surface area contributed by atoms with Crippen LogP contribution in [0.3, 0.4) is 0 Å². The van der Waals surface area contributed by atoms with Crippen LogP contribution in [0.4, 0.5) is 4.39 Å². The fraction of sp³-hybridized carbons (Fsp3) is 0.308. The predicted molar refractivity (Wildman–Crippen MR) is 134 cm³/mol. The molecule has 0 saturated carbocycles. The molecule has 180 valence electrons. The molecule has 7 nitrogen and oxygen atoms in total.